The van der Waals surface area contributed by atoms with Crippen molar-refractivity contribution in [3.8, 4) is 0 Å². The van der Waals surface area contributed by atoms with Gasteiger partial charge < -0.3 is 10.2 Å². The van der Waals surface area contributed by atoms with Crippen molar-refractivity contribution < 1.29 is 18.0 Å². The maximum absolute atomic E-state index is 13.8. The van der Waals surface area contributed by atoms with Gasteiger partial charge in [0, 0.05) is 32.5 Å². The van der Waals surface area contributed by atoms with Crippen molar-refractivity contribution in [3.05, 3.63) is 99.5 Å². The maximum Gasteiger partial charge on any atom is 0.243 e. The van der Waals surface area contributed by atoms with Crippen LogP contribution in [0.5, 0.6) is 0 Å². The van der Waals surface area contributed by atoms with Crippen LogP contribution >= 0.6 is 23.2 Å². The summed E-state index contributed by atoms with van der Waals surface area (Å²) in [7, 11) is -3.57. The Bertz CT molecular complexity index is 1420. The quantitative estimate of drug-likeness (QED) is 0.274. The van der Waals surface area contributed by atoms with Crippen LogP contribution in [0.2, 0.25) is 10.0 Å². The van der Waals surface area contributed by atoms with Crippen molar-refractivity contribution in [2.24, 2.45) is 0 Å². The molecule has 7 nitrogen and oxygen atoms in total. The summed E-state index contributed by atoms with van der Waals surface area (Å²) < 4.78 is 26.5. The first-order chi connectivity index (χ1) is 19.0. The zero-order valence-corrected chi connectivity index (χ0v) is 25.3. The molecule has 214 valence electrons. The molecule has 0 spiro atoms. The first-order valence-electron chi connectivity index (χ1n) is 13.1. The smallest absolute Gasteiger partial charge is 0.243 e. The van der Waals surface area contributed by atoms with Crippen LogP contribution in [0.1, 0.15) is 36.5 Å². The molecule has 1 unspecified atom stereocenters. The number of hydrogen-bond donors (Lipinski definition) is 1. The second kappa shape index (κ2) is 14.5. The Morgan fingerprint density at radius 2 is 1.65 bits per heavy atom. The van der Waals surface area contributed by atoms with Crippen molar-refractivity contribution in [3.63, 3.8) is 0 Å². The molecule has 0 saturated heterocycles. The maximum atomic E-state index is 13.8. The van der Waals surface area contributed by atoms with Crippen molar-refractivity contribution >= 4 is 50.7 Å². The molecular formula is C30H35Cl2N3O4S. The van der Waals surface area contributed by atoms with Crippen molar-refractivity contribution in [2.45, 2.75) is 45.7 Å². The average molecular weight is 605 g/mol. The Balaban J connectivity index is 1.88. The SMILES string of the molecule is CCNC(=O)C(Cc1ccccc1)N(Cc1ccc(Cl)c(Cl)c1)C(=O)CCCN(c1cccc(C)c1)S(C)(=O)=O. The lowest BCUT2D eigenvalue weighted by atomic mass is 10.0. The van der Waals surface area contributed by atoms with E-state index in [1.54, 1.807) is 41.3 Å². The molecule has 3 rings (SSSR count). The van der Waals surface area contributed by atoms with E-state index in [1.807, 2.05) is 50.2 Å². The highest BCUT2D eigenvalue weighted by atomic mass is 35.5. The summed E-state index contributed by atoms with van der Waals surface area (Å²) in [5.41, 5.74) is 3.11. The van der Waals surface area contributed by atoms with Crippen LogP contribution in [0.4, 0.5) is 5.69 Å². The predicted molar refractivity (Wildman–Crippen MR) is 162 cm³/mol. The van der Waals surface area contributed by atoms with Gasteiger partial charge in [0.1, 0.15) is 6.04 Å². The van der Waals surface area contributed by atoms with E-state index >= 15 is 0 Å². The summed E-state index contributed by atoms with van der Waals surface area (Å²) >= 11 is 12.4. The summed E-state index contributed by atoms with van der Waals surface area (Å²) in [4.78, 5) is 28.6. The summed E-state index contributed by atoms with van der Waals surface area (Å²) in [6, 6.07) is 21.1. The molecule has 40 heavy (non-hydrogen) atoms. The Labute approximate surface area is 247 Å². The molecule has 1 atom stereocenters. The molecule has 3 aromatic carbocycles. The summed E-state index contributed by atoms with van der Waals surface area (Å²) in [6.45, 7) is 4.40. The molecule has 2 amide bonds. The van der Waals surface area contributed by atoms with Gasteiger partial charge in [0.15, 0.2) is 0 Å². The normalized spacial score (nSPS) is 12.0. The van der Waals surface area contributed by atoms with Crippen LogP contribution in [-0.4, -0.2) is 50.5 Å². The van der Waals surface area contributed by atoms with Gasteiger partial charge in [-0.05, 0) is 61.2 Å². The topological polar surface area (TPSA) is 86.8 Å². The van der Waals surface area contributed by atoms with E-state index in [0.29, 0.717) is 28.7 Å². The van der Waals surface area contributed by atoms with Crippen LogP contribution < -0.4 is 9.62 Å². The highest BCUT2D eigenvalue weighted by Crippen LogP contribution is 2.25. The minimum absolute atomic E-state index is 0.0455. The number of carbonyl (C=O) groups is 2. The largest absolute Gasteiger partial charge is 0.355 e. The molecule has 0 aliphatic carbocycles. The summed E-state index contributed by atoms with van der Waals surface area (Å²) in [6.07, 6.45) is 1.78. The third-order valence-electron chi connectivity index (χ3n) is 6.40. The number of hydrogen-bond acceptors (Lipinski definition) is 4. The van der Waals surface area contributed by atoms with Gasteiger partial charge in [-0.3, -0.25) is 13.9 Å². The lowest BCUT2D eigenvalue weighted by Gasteiger charge is -2.32. The zero-order chi connectivity index (χ0) is 29.3. The molecule has 1 N–H and O–H groups in total. The molecular weight excluding hydrogens is 569 g/mol. The van der Waals surface area contributed by atoms with Crippen LogP contribution in [-0.2, 0) is 32.6 Å². The third kappa shape index (κ3) is 8.98. The fourth-order valence-corrected chi connectivity index (χ4v) is 5.75. The number of carbonyl (C=O) groups excluding carboxylic acids is 2. The van der Waals surface area contributed by atoms with Gasteiger partial charge >= 0.3 is 0 Å². The van der Waals surface area contributed by atoms with Gasteiger partial charge in [-0.2, -0.15) is 0 Å². The van der Waals surface area contributed by atoms with E-state index in [9.17, 15) is 18.0 Å². The van der Waals surface area contributed by atoms with Crippen molar-refractivity contribution in [2.75, 3.05) is 23.7 Å². The molecule has 0 aliphatic rings. The van der Waals surface area contributed by atoms with Crippen LogP contribution in [0, 0.1) is 6.92 Å². The number of nitrogens with one attached hydrogen (secondary N) is 1. The Kier molecular flexibility index (Phi) is 11.4. The van der Waals surface area contributed by atoms with Crippen molar-refractivity contribution in [1.82, 2.24) is 10.2 Å². The van der Waals surface area contributed by atoms with E-state index in [4.69, 9.17) is 23.2 Å². The van der Waals surface area contributed by atoms with Gasteiger partial charge in [0.2, 0.25) is 21.8 Å². The van der Waals surface area contributed by atoms with Gasteiger partial charge in [-0.1, -0.05) is 71.7 Å². The van der Waals surface area contributed by atoms with E-state index < -0.39 is 16.1 Å². The van der Waals surface area contributed by atoms with E-state index in [1.165, 1.54) is 4.31 Å². The Morgan fingerprint density at radius 3 is 2.27 bits per heavy atom. The van der Waals surface area contributed by atoms with Crippen LogP contribution in [0.25, 0.3) is 0 Å². The van der Waals surface area contributed by atoms with Crippen LogP contribution in [0.3, 0.4) is 0 Å². The van der Waals surface area contributed by atoms with Crippen molar-refractivity contribution in [1.29, 1.82) is 0 Å². The molecule has 10 heteroatoms. The molecule has 0 aliphatic heterocycles. The molecule has 0 radical (unpaired) electrons. The second-order valence-electron chi connectivity index (χ2n) is 9.65. The predicted octanol–water partition coefficient (Wildman–Crippen LogP) is 5.62. The molecule has 0 saturated carbocycles. The number of amides is 2. The molecule has 3 aromatic rings. The lowest BCUT2D eigenvalue weighted by Crippen LogP contribution is -2.50. The summed E-state index contributed by atoms with van der Waals surface area (Å²) in [5, 5.41) is 3.61. The van der Waals surface area contributed by atoms with E-state index in [2.05, 4.69) is 5.32 Å². The standard InChI is InChI=1S/C30H35Cl2N3O4S/c1-4-33-30(37)28(20-23-11-6-5-7-12-23)34(21-24-15-16-26(31)27(32)19-24)29(36)14-9-17-35(40(3,38)39)25-13-8-10-22(2)18-25/h5-8,10-13,15-16,18-19,28H,4,9,14,17,20-21H2,1-3H3,(H,33,37). The number of benzene rings is 3. The van der Waals surface area contributed by atoms with Gasteiger partial charge in [0.05, 0.1) is 22.0 Å². The second-order valence-corrected chi connectivity index (χ2v) is 12.4. The van der Waals surface area contributed by atoms with Gasteiger partial charge in [0.25, 0.3) is 0 Å². The average Bonchev–Trinajstić information content (AvgIpc) is 2.90. The summed E-state index contributed by atoms with van der Waals surface area (Å²) in [5.74, 6) is -0.534. The number of halogens is 2. The van der Waals surface area contributed by atoms with E-state index in [0.717, 1.165) is 22.9 Å². The lowest BCUT2D eigenvalue weighted by molar-refractivity contribution is -0.141. The number of sulfonamides is 1. The molecule has 0 heterocycles. The highest BCUT2D eigenvalue weighted by Gasteiger charge is 2.30. The number of likely N-dealkylation sites (N-methyl/N-ethyl adjacent to an activating group) is 1. The minimum Gasteiger partial charge on any atom is -0.355 e. The third-order valence-corrected chi connectivity index (χ3v) is 8.33. The number of rotatable bonds is 13. The Hall–Kier alpha value is -3.07. The molecule has 0 fully saturated rings. The van der Waals surface area contributed by atoms with Gasteiger partial charge in [-0.15, -0.1) is 0 Å². The fraction of sp³-hybridized carbons (Fsp3) is 0.333. The highest BCUT2D eigenvalue weighted by molar-refractivity contribution is 7.92. The number of aryl methyl sites for hydroxylation is 1. The Morgan fingerprint density at radius 1 is 0.925 bits per heavy atom. The minimum atomic E-state index is -3.57. The first-order valence-corrected chi connectivity index (χ1v) is 15.7. The fourth-order valence-electron chi connectivity index (χ4n) is 4.47. The molecule has 0 bridgehead atoms. The molecule has 0 aromatic heterocycles. The first kappa shape index (κ1) is 31.5. The van der Waals surface area contributed by atoms with Gasteiger partial charge in [-0.25, -0.2) is 8.42 Å². The number of anilines is 1. The van der Waals surface area contributed by atoms with E-state index in [-0.39, 0.29) is 37.7 Å². The zero-order valence-electron chi connectivity index (χ0n) is 22.9. The monoisotopic (exact) mass is 603 g/mol. The van der Waals surface area contributed by atoms with Crippen LogP contribution in [0.15, 0.2) is 72.8 Å². The number of nitrogens with zero attached hydrogens (tertiary/aromatic N) is 2.